The Morgan fingerprint density at radius 1 is 1.26 bits per heavy atom. The van der Waals surface area contributed by atoms with Crippen LogP contribution in [-0.4, -0.2) is 43.4 Å². The summed E-state index contributed by atoms with van der Waals surface area (Å²) in [6.07, 6.45) is 0. The Kier molecular flexibility index (Phi) is 4.07. The smallest absolute Gasteiger partial charge is 0.245 e. The van der Waals surface area contributed by atoms with Crippen LogP contribution in [0, 0.1) is 26.7 Å². The Morgan fingerprint density at radius 2 is 2.00 bits per heavy atom. The standard InChI is InChI=1S/C14H19N5O3S/c1-9-4-5-13(17-16-9)19-7-12(8-19)6-15-23(20,21)14-10(2)18-22-11(14)3/h4-5,12,15H,6-8H2,1-3H3. The van der Waals surface area contributed by atoms with Crippen LogP contribution in [0.15, 0.2) is 21.6 Å². The Balaban J connectivity index is 1.56. The second kappa shape index (κ2) is 5.89. The van der Waals surface area contributed by atoms with Gasteiger partial charge < -0.3 is 9.42 Å². The van der Waals surface area contributed by atoms with Crippen molar-refractivity contribution in [2.45, 2.75) is 25.7 Å². The molecule has 0 bridgehead atoms. The van der Waals surface area contributed by atoms with Crippen molar-refractivity contribution in [1.82, 2.24) is 20.1 Å². The fourth-order valence-electron chi connectivity index (χ4n) is 2.60. The average molecular weight is 337 g/mol. The first kappa shape index (κ1) is 15.9. The maximum absolute atomic E-state index is 12.3. The topological polar surface area (TPSA) is 101 Å². The summed E-state index contributed by atoms with van der Waals surface area (Å²) in [6, 6.07) is 3.84. The molecule has 0 aromatic carbocycles. The molecule has 2 aromatic heterocycles. The number of hydrogen-bond donors (Lipinski definition) is 1. The van der Waals surface area contributed by atoms with Gasteiger partial charge in [-0.3, -0.25) is 0 Å². The third kappa shape index (κ3) is 3.20. The summed E-state index contributed by atoms with van der Waals surface area (Å²) in [6.45, 7) is 6.98. The molecule has 9 heteroatoms. The van der Waals surface area contributed by atoms with E-state index in [2.05, 4.69) is 25.0 Å². The van der Waals surface area contributed by atoms with Gasteiger partial charge in [0.1, 0.15) is 10.6 Å². The molecular weight excluding hydrogens is 318 g/mol. The summed E-state index contributed by atoms with van der Waals surface area (Å²) in [4.78, 5) is 2.21. The molecule has 0 amide bonds. The monoisotopic (exact) mass is 337 g/mol. The van der Waals surface area contributed by atoms with Crippen molar-refractivity contribution in [3.05, 3.63) is 29.3 Å². The molecule has 8 nitrogen and oxygen atoms in total. The molecule has 1 N–H and O–H groups in total. The van der Waals surface area contributed by atoms with Gasteiger partial charge in [0.05, 0.1) is 5.69 Å². The summed E-state index contributed by atoms with van der Waals surface area (Å²) in [5.74, 6) is 1.37. The normalized spacial score (nSPS) is 15.7. The first-order chi connectivity index (χ1) is 10.9. The lowest BCUT2D eigenvalue weighted by Gasteiger charge is -2.39. The molecule has 1 aliphatic heterocycles. The fraction of sp³-hybridized carbons (Fsp3) is 0.500. The predicted molar refractivity (Wildman–Crippen MR) is 83.6 cm³/mol. The number of nitrogens with zero attached hydrogens (tertiary/aromatic N) is 4. The number of nitrogens with one attached hydrogen (secondary N) is 1. The van der Waals surface area contributed by atoms with Crippen molar-refractivity contribution < 1.29 is 12.9 Å². The molecule has 1 saturated heterocycles. The molecule has 3 rings (SSSR count). The lowest BCUT2D eigenvalue weighted by Crippen LogP contribution is -2.51. The molecule has 0 radical (unpaired) electrons. The highest BCUT2D eigenvalue weighted by atomic mass is 32.2. The van der Waals surface area contributed by atoms with Crippen LogP contribution in [-0.2, 0) is 10.0 Å². The van der Waals surface area contributed by atoms with Crippen LogP contribution in [0.5, 0.6) is 0 Å². The number of rotatable bonds is 5. The zero-order valence-electron chi connectivity index (χ0n) is 13.3. The lowest BCUT2D eigenvalue weighted by atomic mass is 10.0. The average Bonchev–Trinajstić information content (AvgIpc) is 2.79. The number of aryl methyl sites for hydroxylation is 3. The minimum atomic E-state index is -3.59. The zero-order chi connectivity index (χ0) is 16.6. The molecule has 124 valence electrons. The van der Waals surface area contributed by atoms with Crippen molar-refractivity contribution in [3.8, 4) is 0 Å². The highest BCUT2D eigenvalue weighted by molar-refractivity contribution is 7.89. The lowest BCUT2D eigenvalue weighted by molar-refractivity contribution is 0.390. The van der Waals surface area contributed by atoms with Gasteiger partial charge in [-0.15, -0.1) is 5.10 Å². The molecule has 0 aliphatic carbocycles. The van der Waals surface area contributed by atoms with Crippen molar-refractivity contribution in [2.75, 3.05) is 24.5 Å². The fourth-order valence-corrected chi connectivity index (χ4v) is 4.05. The Bertz CT molecular complexity index is 775. The summed E-state index contributed by atoms with van der Waals surface area (Å²) in [5.41, 5.74) is 1.25. The van der Waals surface area contributed by atoms with Gasteiger partial charge in [0.2, 0.25) is 10.0 Å². The Hall–Kier alpha value is -2.00. The van der Waals surface area contributed by atoms with E-state index >= 15 is 0 Å². The number of anilines is 1. The van der Waals surface area contributed by atoms with E-state index in [1.165, 1.54) is 0 Å². The van der Waals surface area contributed by atoms with Gasteiger partial charge in [-0.25, -0.2) is 13.1 Å². The number of sulfonamides is 1. The van der Waals surface area contributed by atoms with Crippen LogP contribution in [0.3, 0.4) is 0 Å². The van der Waals surface area contributed by atoms with Gasteiger partial charge in [0.25, 0.3) is 0 Å². The summed E-state index contributed by atoms with van der Waals surface area (Å²) >= 11 is 0. The molecule has 3 heterocycles. The van der Waals surface area contributed by atoms with E-state index in [-0.39, 0.29) is 10.8 Å². The van der Waals surface area contributed by atoms with E-state index in [9.17, 15) is 8.42 Å². The van der Waals surface area contributed by atoms with Crippen molar-refractivity contribution in [3.63, 3.8) is 0 Å². The van der Waals surface area contributed by atoms with Crippen LogP contribution in [0.4, 0.5) is 5.82 Å². The molecule has 1 aliphatic rings. The molecule has 0 unspecified atom stereocenters. The number of hydrogen-bond acceptors (Lipinski definition) is 7. The maximum atomic E-state index is 12.3. The van der Waals surface area contributed by atoms with Crippen LogP contribution in [0.1, 0.15) is 17.1 Å². The van der Waals surface area contributed by atoms with Crippen LogP contribution >= 0.6 is 0 Å². The van der Waals surface area contributed by atoms with E-state index in [1.54, 1.807) is 13.8 Å². The summed E-state index contributed by atoms with van der Waals surface area (Å²) in [5, 5.41) is 11.8. The molecule has 23 heavy (non-hydrogen) atoms. The number of aromatic nitrogens is 3. The van der Waals surface area contributed by atoms with Gasteiger partial charge in [0, 0.05) is 25.6 Å². The van der Waals surface area contributed by atoms with Crippen molar-refractivity contribution in [2.24, 2.45) is 5.92 Å². The first-order valence-electron chi connectivity index (χ1n) is 7.34. The third-order valence-corrected chi connectivity index (χ3v) is 5.53. The van der Waals surface area contributed by atoms with Crippen molar-refractivity contribution in [1.29, 1.82) is 0 Å². The first-order valence-corrected chi connectivity index (χ1v) is 8.83. The van der Waals surface area contributed by atoms with E-state index in [4.69, 9.17) is 4.52 Å². The van der Waals surface area contributed by atoms with Crippen LogP contribution in [0.25, 0.3) is 0 Å². The SMILES string of the molecule is Cc1ccc(N2CC(CNS(=O)(=O)c3c(C)noc3C)C2)nn1. The minimum Gasteiger partial charge on any atom is -0.360 e. The van der Waals surface area contributed by atoms with Gasteiger partial charge in [0.15, 0.2) is 11.6 Å². The molecule has 0 saturated carbocycles. The molecule has 1 fully saturated rings. The van der Waals surface area contributed by atoms with Gasteiger partial charge in [-0.2, -0.15) is 5.10 Å². The third-order valence-electron chi connectivity index (χ3n) is 3.86. The van der Waals surface area contributed by atoms with Crippen LogP contribution in [0.2, 0.25) is 0 Å². The Labute approximate surface area is 134 Å². The predicted octanol–water partition coefficient (Wildman–Crippen LogP) is 0.805. The molecule has 0 spiro atoms. The second-order valence-electron chi connectivity index (χ2n) is 5.81. The largest absolute Gasteiger partial charge is 0.360 e. The minimum absolute atomic E-state index is 0.137. The second-order valence-corrected chi connectivity index (χ2v) is 7.51. The van der Waals surface area contributed by atoms with E-state index in [1.807, 2.05) is 19.1 Å². The van der Waals surface area contributed by atoms with Crippen molar-refractivity contribution >= 4 is 15.8 Å². The van der Waals surface area contributed by atoms with E-state index in [0.29, 0.717) is 18.0 Å². The van der Waals surface area contributed by atoms with Crippen LogP contribution < -0.4 is 9.62 Å². The Morgan fingerprint density at radius 3 is 2.57 bits per heavy atom. The highest BCUT2D eigenvalue weighted by Gasteiger charge is 2.31. The summed E-state index contributed by atoms with van der Waals surface area (Å²) in [7, 11) is -3.59. The zero-order valence-corrected chi connectivity index (χ0v) is 14.1. The maximum Gasteiger partial charge on any atom is 0.245 e. The molecule has 0 atom stereocenters. The quantitative estimate of drug-likeness (QED) is 0.861. The van der Waals surface area contributed by atoms with E-state index in [0.717, 1.165) is 24.6 Å². The highest BCUT2D eigenvalue weighted by Crippen LogP contribution is 2.23. The molecular formula is C14H19N5O3S. The molecule has 2 aromatic rings. The van der Waals surface area contributed by atoms with Gasteiger partial charge >= 0.3 is 0 Å². The van der Waals surface area contributed by atoms with Gasteiger partial charge in [-0.1, -0.05) is 5.16 Å². The summed E-state index contributed by atoms with van der Waals surface area (Å²) < 4.78 is 32.2. The van der Waals surface area contributed by atoms with E-state index < -0.39 is 10.0 Å². The van der Waals surface area contributed by atoms with Gasteiger partial charge in [-0.05, 0) is 32.9 Å².